The molecule has 0 aliphatic carbocycles. The van der Waals surface area contributed by atoms with Gasteiger partial charge in [0.25, 0.3) is 0 Å². The van der Waals surface area contributed by atoms with E-state index in [0.29, 0.717) is 24.2 Å². The van der Waals surface area contributed by atoms with Crippen LogP contribution in [0.3, 0.4) is 0 Å². The van der Waals surface area contributed by atoms with Gasteiger partial charge in [-0.05, 0) is 32.7 Å². The van der Waals surface area contributed by atoms with Gasteiger partial charge in [0.05, 0.1) is 11.5 Å². The van der Waals surface area contributed by atoms with Gasteiger partial charge in [-0.3, -0.25) is 24.0 Å². The molecule has 7 nitrogen and oxygen atoms in total. The molecule has 2 fully saturated rings. The average molecular weight is 404 g/mol. The number of nitrogens with zero attached hydrogens (tertiary/aromatic N) is 3. The van der Waals surface area contributed by atoms with Crippen molar-refractivity contribution in [2.24, 2.45) is 0 Å². The molecule has 0 bridgehead atoms. The van der Waals surface area contributed by atoms with Gasteiger partial charge in [0, 0.05) is 38.3 Å². The van der Waals surface area contributed by atoms with Gasteiger partial charge in [-0.15, -0.1) is 0 Å². The molecule has 2 saturated heterocycles. The second kappa shape index (κ2) is 8.84. The van der Waals surface area contributed by atoms with E-state index in [1.807, 2.05) is 0 Å². The Hall–Kier alpha value is -0.930. The molecule has 0 radical (unpaired) electrons. The molecule has 146 valence electrons. The van der Waals surface area contributed by atoms with Crippen molar-refractivity contribution >= 4 is 28.9 Å². The fraction of sp³-hybridized carbons (Fsp3) is 0.765. The lowest BCUT2D eigenvalue weighted by Crippen LogP contribution is -2.55. The van der Waals surface area contributed by atoms with Crippen molar-refractivity contribution in [1.82, 2.24) is 14.4 Å². The average Bonchev–Trinajstić information content (AvgIpc) is 3.15. The summed E-state index contributed by atoms with van der Waals surface area (Å²) in [5, 5.41) is 9.74. The fourth-order valence-electron chi connectivity index (χ4n) is 3.95. The number of carbonyl (C=O) groups is 1. The van der Waals surface area contributed by atoms with Crippen molar-refractivity contribution in [2.75, 3.05) is 32.8 Å². The van der Waals surface area contributed by atoms with Gasteiger partial charge < -0.3 is 9.84 Å². The maximum absolute atomic E-state index is 12.3. The zero-order valence-electron chi connectivity index (χ0n) is 15.0. The number of thiazole rings is 1. The first kappa shape index (κ1) is 19.8. The van der Waals surface area contributed by atoms with Crippen molar-refractivity contribution in [3.63, 3.8) is 0 Å². The van der Waals surface area contributed by atoms with Gasteiger partial charge in [-0.2, -0.15) is 0 Å². The summed E-state index contributed by atoms with van der Waals surface area (Å²) in [6.45, 7) is 5.56. The van der Waals surface area contributed by atoms with Crippen LogP contribution in [0.2, 0.25) is 5.15 Å². The highest BCUT2D eigenvalue weighted by molar-refractivity contribution is 7.09. The summed E-state index contributed by atoms with van der Waals surface area (Å²) in [5.74, 6) is -0.460. The maximum atomic E-state index is 12.3. The van der Waals surface area contributed by atoms with Gasteiger partial charge in [0.15, 0.2) is 0 Å². The Morgan fingerprint density at radius 3 is 2.96 bits per heavy atom. The van der Waals surface area contributed by atoms with Gasteiger partial charge in [-0.1, -0.05) is 22.9 Å². The number of halogens is 1. The predicted molar refractivity (Wildman–Crippen MR) is 101 cm³/mol. The number of aromatic nitrogens is 1. The number of rotatable bonds is 7. The molecule has 0 saturated carbocycles. The summed E-state index contributed by atoms with van der Waals surface area (Å²) in [6, 6.07) is 0.795. The molecule has 9 heteroatoms. The van der Waals surface area contributed by atoms with E-state index in [0.717, 1.165) is 35.8 Å². The molecule has 1 unspecified atom stereocenters. The molecule has 3 heterocycles. The first-order valence-electron chi connectivity index (χ1n) is 9.16. The standard InChI is InChI=1S/C17H26ClN3O4S/c1-2-25-15(23)11-21-16(18)14(26-17(21)24)10-20-9-12-4-3-6-19(12)8-13(20)5-7-22/h12-13,22H,2-11H2,1H3/t12?,13-/m0/s1. The summed E-state index contributed by atoms with van der Waals surface area (Å²) < 4.78 is 6.20. The van der Waals surface area contributed by atoms with E-state index in [4.69, 9.17) is 16.3 Å². The lowest BCUT2D eigenvalue weighted by atomic mass is 10.0. The second-order valence-electron chi connectivity index (χ2n) is 6.86. The Kier molecular flexibility index (Phi) is 6.74. The Labute approximate surface area is 162 Å². The molecular weight excluding hydrogens is 378 g/mol. The van der Waals surface area contributed by atoms with Gasteiger partial charge in [0.2, 0.25) is 0 Å². The number of hydrogen-bond acceptors (Lipinski definition) is 7. The fourth-order valence-corrected chi connectivity index (χ4v) is 5.21. The Balaban J connectivity index is 1.74. The Morgan fingerprint density at radius 2 is 2.23 bits per heavy atom. The molecule has 1 N–H and O–H groups in total. The van der Waals surface area contributed by atoms with E-state index in [2.05, 4.69) is 9.80 Å². The molecule has 0 aromatic carbocycles. The number of hydrogen-bond donors (Lipinski definition) is 1. The van der Waals surface area contributed by atoms with E-state index in [-0.39, 0.29) is 30.7 Å². The van der Waals surface area contributed by atoms with Crippen LogP contribution in [0.25, 0.3) is 0 Å². The van der Waals surface area contributed by atoms with Crippen LogP contribution in [0.15, 0.2) is 4.79 Å². The van der Waals surface area contributed by atoms with Crippen molar-refractivity contribution in [3.8, 4) is 0 Å². The maximum Gasteiger partial charge on any atom is 0.326 e. The summed E-state index contributed by atoms with van der Waals surface area (Å²) in [4.78, 5) is 29.3. The highest BCUT2D eigenvalue weighted by Crippen LogP contribution is 2.29. The molecule has 3 rings (SSSR count). The number of ether oxygens (including phenoxy) is 1. The molecule has 2 aliphatic heterocycles. The van der Waals surface area contributed by atoms with Crippen LogP contribution in [-0.2, 0) is 22.6 Å². The first-order valence-corrected chi connectivity index (χ1v) is 10.4. The van der Waals surface area contributed by atoms with Crippen LogP contribution in [0.5, 0.6) is 0 Å². The smallest absolute Gasteiger partial charge is 0.326 e. The van der Waals surface area contributed by atoms with Gasteiger partial charge in [0.1, 0.15) is 11.7 Å². The summed E-state index contributed by atoms with van der Waals surface area (Å²) in [6.07, 6.45) is 3.11. The lowest BCUT2D eigenvalue weighted by Gasteiger charge is -2.43. The zero-order valence-corrected chi connectivity index (χ0v) is 16.6. The number of esters is 1. The van der Waals surface area contributed by atoms with Gasteiger partial charge in [-0.25, -0.2) is 0 Å². The molecule has 0 amide bonds. The third-order valence-electron chi connectivity index (χ3n) is 5.21. The molecule has 26 heavy (non-hydrogen) atoms. The lowest BCUT2D eigenvalue weighted by molar-refractivity contribution is -0.143. The molecule has 2 aliphatic rings. The summed E-state index contributed by atoms with van der Waals surface area (Å²) >= 11 is 7.50. The van der Waals surface area contributed by atoms with E-state index < -0.39 is 5.97 Å². The number of fused-ring (bicyclic) bond motifs is 1. The van der Waals surface area contributed by atoms with Crippen LogP contribution < -0.4 is 4.87 Å². The van der Waals surface area contributed by atoms with Crippen molar-refractivity contribution in [2.45, 2.75) is 51.4 Å². The predicted octanol–water partition coefficient (Wildman–Crippen LogP) is 1.16. The van der Waals surface area contributed by atoms with E-state index in [1.54, 1.807) is 6.92 Å². The van der Waals surface area contributed by atoms with Crippen LogP contribution in [0.4, 0.5) is 0 Å². The molecule has 1 aromatic rings. The molecule has 0 spiro atoms. The molecular formula is C17H26ClN3O4S. The third kappa shape index (κ3) is 4.31. The van der Waals surface area contributed by atoms with Crippen molar-refractivity contribution in [3.05, 3.63) is 19.7 Å². The third-order valence-corrected chi connectivity index (χ3v) is 6.71. The zero-order chi connectivity index (χ0) is 18.7. The Bertz CT molecular complexity index is 692. The van der Waals surface area contributed by atoms with Crippen LogP contribution in [0, 0.1) is 0 Å². The minimum absolute atomic E-state index is 0.146. The van der Waals surface area contributed by atoms with Crippen LogP contribution in [0.1, 0.15) is 31.1 Å². The number of aliphatic hydroxyl groups is 1. The summed E-state index contributed by atoms with van der Waals surface area (Å²) in [5.41, 5.74) is 0. The number of aliphatic hydroxyl groups excluding tert-OH is 1. The van der Waals surface area contributed by atoms with Gasteiger partial charge >= 0.3 is 10.8 Å². The molecule has 1 aromatic heterocycles. The topological polar surface area (TPSA) is 75.0 Å². The van der Waals surface area contributed by atoms with E-state index in [9.17, 15) is 14.7 Å². The number of carbonyl (C=O) groups excluding carboxylic acids is 1. The highest BCUT2D eigenvalue weighted by atomic mass is 35.5. The normalized spacial score (nSPS) is 24.0. The van der Waals surface area contributed by atoms with Crippen molar-refractivity contribution in [1.29, 1.82) is 0 Å². The second-order valence-corrected chi connectivity index (χ2v) is 8.26. The van der Waals surface area contributed by atoms with Crippen LogP contribution in [-0.4, -0.2) is 70.4 Å². The molecule has 2 atom stereocenters. The minimum atomic E-state index is -0.460. The minimum Gasteiger partial charge on any atom is -0.465 e. The van der Waals surface area contributed by atoms with Crippen LogP contribution >= 0.6 is 22.9 Å². The Morgan fingerprint density at radius 1 is 1.42 bits per heavy atom. The quantitative estimate of drug-likeness (QED) is 0.688. The SMILES string of the molecule is CCOC(=O)Cn1c(Cl)c(CN2CC3CCCN3C[C@@H]2CCO)sc1=O. The highest BCUT2D eigenvalue weighted by Gasteiger charge is 2.36. The first-order chi connectivity index (χ1) is 12.5. The van der Waals surface area contributed by atoms with E-state index >= 15 is 0 Å². The van der Waals surface area contributed by atoms with Crippen molar-refractivity contribution < 1.29 is 14.6 Å². The monoisotopic (exact) mass is 403 g/mol. The largest absolute Gasteiger partial charge is 0.465 e. The van der Waals surface area contributed by atoms with E-state index in [1.165, 1.54) is 17.4 Å². The summed E-state index contributed by atoms with van der Waals surface area (Å²) in [7, 11) is 0. The number of piperazine rings is 1.